The first kappa shape index (κ1) is 29.4. The molecule has 0 saturated carbocycles. The third kappa shape index (κ3) is 6.35. The van der Waals surface area contributed by atoms with Crippen molar-refractivity contribution in [1.29, 1.82) is 5.41 Å². The highest BCUT2D eigenvalue weighted by Gasteiger charge is 2.38. The zero-order valence-corrected chi connectivity index (χ0v) is 24.1. The molecule has 0 bridgehead atoms. The first-order chi connectivity index (χ1) is 20.2. The lowest BCUT2D eigenvalue weighted by Gasteiger charge is -2.41. The molecule has 3 aliphatic heterocycles. The number of amides is 2. The number of nitrogens with two attached hydrogens (primary N) is 1. The fourth-order valence-corrected chi connectivity index (χ4v) is 6.48. The number of carboxylic acids is 1. The fourth-order valence-electron chi connectivity index (χ4n) is 6.48. The molecule has 2 amide bonds. The third-order valence-corrected chi connectivity index (χ3v) is 8.90. The molecule has 11 heteroatoms. The van der Waals surface area contributed by atoms with E-state index in [1.807, 2.05) is 17.0 Å². The number of nitrogens with one attached hydrogen (secondary N) is 2. The Morgan fingerprint density at radius 2 is 1.69 bits per heavy atom. The van der Waals surface area contributed by atoms with E-state index in [0.29, 0.717) is 38.2 Å². The largest absolute Gasteiger partial charge is 0.478 e. The molecular formula is C31H40N6O5. The van der Waals surface area contributed by atoms with Crippen LogP contribution in [0.4, 0.5) is 11.4 Å². The number of carbonyl (C=O) groups excluding carboxylic acids is 2. The summed E-state index contributed by atoms with van der Waals surface area (Å²) in [5.74, 6) is -1.20. The van der Waals surface area contributed by atoms with E-state index < -0.39 is 12.0 Å². The topological polar surface area (TPSA) is 152 Å². The molecule has 42 heavy (non-hydrogen) atoms. The zero-order valence-electron chi connectivity index (χ0n) is 24.1. The predicted octanol–water partition coefficient (Wildman–Crippen LogP) is 3.06. The first-order valence-electron chi connectivity index (χ1n) is 14.7. The van der Waals surface area contributed by atoms with Crippen LogP contribution in [0.1, 0.15) is 59.6 Å². The number of rotatable bonds is 7. The average molecular weight is 577 g/mol. The third-order valence-electron chi connectivity index (χ3n) is 8.90. The molecule has 0 aliphatic carbocycles. The zero-order chi connectivity index (χ0) is 29.8. The Labute approximate surface area is 246 Å². The van der Waals surface area contributed by atoms with E-state index in [-0.39, 0.29) is 35.4 Å². The molecule has 1 atom stereocenters. The second-order valence-electron chi connectivity index (χ2n) is 11.4. The first-order valence-corrected chi connectivity index (χ1v) is 14.7. The minimum absolute atomic E-state index is 0.0581. The van der Waals surface area contributed by atoms with E-state index in [4.69, 9.17) is 15.9 Å². The SMILES string of the molecule is COC1CCN(c2cccc3c2CCN(C(=O)CC2CCN(C(=N)N)CC2)C3C(=O)Nc2ccc(C(=O)O)cc2)CC1. The van der Waals surface area contributed by atoms with Crippen LogP contribution in [0.2, 0.25) is 0 Å². The molecular weight excluding hydrogens is 536 g/mol. The van der Waals surface area contributed by atoms with Gasteiger partial charge in [0.15, 0.2) is 5.96 Å². The number of aromatic carboxylic acids is 1. The van der Waals surface area contributed by atoms with Gasteiger partial charge in [-0.15, -0.1) is 0 Å². The Morgan fingerprint density at radius 3 is 2.31 bits per heavy atom. The van der Waals surface area contributed by atoms with E-state index >= 15 is 0 Å². The van der Waals surface area contributed by atoms with Gasteiger partial charge in [0.25, 0.3) is 5.91 Å². The number of methoxy groups -OCH3 is 1. The maximum absolute atomic E-state index is 13.9. The molecule has 0 spiro atoms. The Bertz CT molecular complexity index is 1320. The lowest BCUT2D eigenvalue weighted by Crippen LogP contribution is -2.47. The van der Waals surface area contributed by atoms with Crippen LogP contribution in [-0.4, -0.2) is 84.6 Å². The van der Waals surface area contributed by atoms with Gasteiger partial charge in [-0.3, -0.25) is 15.0 Å². The Morgan fingerprint density at radius 1 is 1.00 bits per heavy atom. The number of fused-ring (bicyclic) bond motifs is 1. The number of anilines is 2. The fraction of sp³-hybridized carbons (Fsp3) is 0.484. The van der Waals surface area contributed by atoms with E-state index in [2.05, 4.69) is 16.3 Å². The molecule has 2 aromatic carbocycles. The highest BCUT2D eigenvalue weighted by atomic mass is 16.5. The van der Waals surface area contributed by atoms with Crippen LogP contribution in [-0.2, 0) is 20.7 Å². The lowest BCUT2D eigenvalue weighted by molar-refractivity contribution is -0.140. The van der Waals surface area contributed by atoms with E-state index in [1.54, 1.807) is 24.1 Å². The highest BCUT2D eigenvalue weighted by Crippen LogP contribution is 2.38. The average Bonchev–Trinajstić information content (AvgIpc) is 3.00. The van der Waals surface area contributed by atoms with Gasteiger partial charge in [-0.1, -0.05) is 12.1 Å². The molecule has 3 aliphatic rings. The van der Waals surface area contributed by atoms with Crippen molar-refractivity contribution in [2.75, 3.05) is 50.1 Å². The van der Waals surface area contributed by atoms with Crippen LogP contribution in [0.15, 0.2) is 42.5 Å². The van der Waals surface area contributed by atoms with Gasteiger partial charge in [-0.05, 0) is 79.5 Å². The summed E-state index contributed by atoms with van der Waals surface area (Å²) in [4.78, 5) is 44.9. The molecule has 3 heterocycles. The summed E-state index contributed by atoms with van der Waals surface area (Å²) in [7, 11) is 1.75. The second kappa shape index (κ2) is 12.8. The van der Waals surface area contributed by atoms with Gasteiger partial charge in [-0.2, -0.15) is 0 Å². The van der Waals surface area contributed by atoms with Gasteiger partial charge < -0.3 is 35.6 Å². The summed E-state index contributed by atoms with van der Waals surface area (Å²) in [6.45, 7) is 3.46. The van der Waals surface area contributed by atoms with Crippen LogP contribution in [0.3, 0.4) is 0 Å². The van der Waals surface area contributed by atoms with Gasteiger partial charge in [-0.25, -0.2) is 4.79 Å². The standard InChI is InChI=1S/C31H40N6O5/c1-42-23-11-16-35(17-12-23)26-4-2-3-25-24(26)13-18-37(27(38)19-20-9-14-36(15-10-20)31(32)33)28(25)29(39)34-22-7-5-21(6-8-22)30(40)41/h2-8,20,23,28H,9-19H2,1H3,(H3,32,33)(H,34,39)(H,40,41). The van der Waals surface area contributed by atoms with Crippen LogP contribution in [0, 0.1) is 11.3 Å². The molecule has 1 unspecified atom stereocenters. The molecule has 11 nitrogen and oxygen atoms in total. The van der Waals surface area contributed by atoms with Crippen molar-refractivity contribution in [1.82, 2.24) is 9.80 Å². The number of hydrogen-bond donors (Lipinski definition) is 4. The molecule has 2 aromatic rings. The summed E-state index contributed by atoms with van der Waals surface area (Å²) in [6, 6.07) is 11.2. The predicted molar refractivity (Wildman–Crippen MR) is 160 cm³/mol. The summed E-state index contributed by atoms with van der Waals surface area (Å²) >= 11 is 0. The molecule has 5 N–H and O–H groups in total. The van der Waals surface area contributed by atoms with Gasteiger partial charge in [0.2, 0.25) is 5.91 Å². The molecule has 5 rings (SSSR count). The minimum atomic E-state index is -1.04. The Kier molecular flexibility index (Phi) is 8.96. The minimum Gasteiger partial charge on any atom is -0.478 e. The quantitative estimate of drug-likeness (QED) is 0.290. The summed E-state index contributed by atoms with van der Waals surface area (Å²) in [5, 5.41) is 19.9. The molecule has 0 aromatic heterocycles. The van der Waals surface area contributed by atoms with E-state index in [0.717, 1.165) is 55.6 Å². The van der Waals surface area contributed by atoms with Gasteiger partial charge >= 0.3 is 5.97 Å². The normalized spacial score (nSPS) is 19.7. The monoisotopic (exact) mass is 576 g/mol. The van der Waals surface area contributed by atoms with Gasteiger partial charge in [0, 0.05) is 57.6 Å². The summed E-state index contributed by atoms with van der Waals surface area (Å²) in [5.41, 5.74) is 9.27. The van der Waals surface area contributed by atoms with Crippen molar-refractivity contribution in [3.8, 4) is 0 Å². The molecule has 224 valence electrons. The number of carboxylic acid groups (broad SMARTS) is 1. The maximum atomic E-state index is 13.9. The smallest absolute Gasteiger partial charge is 0.335 e. The Hall–Kier alpha value is -4.12. The van der Waals surface area contributed by atoms with Crippen molar-refractivity contribution in [2.45, 2.75) is 50.7 Å². The second-order valence-corrected chi connectivity index (χ2v) is 11.4. The van der Waals surface area contributed by atoms with E-state index in [1.165, 1.54) is 12.1 Å². The highest BCUT2D eigenvalue weighted by molar-refractivity contribution is 5.99. The lowest BCUT2D eigenvalue weighted by atomic mass is 9.87. The van der Waals surface area contributed by atoms with Crippen LogP contribution in [0.25, 0.3) is 0 Å². The molecule has 0 radical (unpaired) electrons. The number of guanidine groups is 1. The van der Waals surface area contributed by atoms with Crippen LogP contribution >= 0.6 is 0 Å². The van der Waals surface area contributed by atoms with E-state index in [9.17, 15) is 19.5 Å². The number of carbonyl (C=O) groups is 3. The number of hydrogen-bond acceptors (Lipinski definition) is 6. The number of nitrogens with zero attached hydrogens (tertiary/aromatic N) is 3. The van der Waals surface area contributed by atoms with Gasteiger partial charge in [0.1, 0.15) is 6.04 Å². The Balaban J connectivity index is 1.40. The number of likely N-dealkylation sites (tertiary alicyclic amines) is 1. The van der Waals surface area contributed by atoms with Crippen LogP contribution < -0.4 is 16.0 Å². The van der Waals surface area contributed by atoms with Crippen molar-refractivity contribution in [3.05, 3.63) is 59.2 Å². The maximum Gasteiger partial charge on any atom is 0.335 e. The molecule has 2 saturated heterocycles. The summed E-state index contributed by atoms with van der Waals surface area (Å²) < 4.78 is 5.56. The molecule has 2 fully saturated rings. The number of ether oxygens (including phenoxy) is 1. The van der Waals surface area contributed by atoms with Crippen LogP contribution in [0.5, 0.6) is 0 Å². The van der Waals surface area contributed by atoms with Crippen molar-refractivity contribution in [2.24, 2.45) is 11.7 Å². The summed E-state index contributed by atoms with van der Waals surface area (Å²) in [6.07, 6.45) is 4.65. The van der Waals surface area contributed by atoms with Gasteiger partial charge in [0.05, 0.1) is 11.7 Å². The van der Waals surface area contributed by atoms with Crippen molar-refractivity contribution in [3.63, 3.8) is 0 Å². The van der Waals surface area contributed by atoms with Crippen molar-refractivity contribution < 1.29 is 24.2 Å². The van der Waals surface area contributed by atoms with Crippen molar-refractivity contribution >= 4 is 35.1 Å². The number of benzene rings is 2. The number of piperidine rings is 2.